The Bertz CT molecular complexity index is 1050. The predicted molar refractivity (Wildman–Crippen MR) is 88.7 cm³/mol. The molecule has 27 heavy (non-hydrogen) atoms. The van der Waals surface area contributed by atoms with Crippen molar-refractivity contribution in [1.29, 1.82) is 0 Å². The highest BCUT2D eigenvalue weighted by molar-refractivity contribution is 5.93. The number of halogens is 3. The van der Waals surface area contributed by atoms with E-state index in [2.05, 4.69) is 4.98 Å². The molecule has 4 rings (SSSR count). The van der Waals surface area contributed by atoms with Gasteiger partial charge in [0.05, 0.1) is 35.9 Å². The number of fused-ring (bicyclic) bond motifs is 1. The number of phenols is 1. The molecule has 1 saturated heterocycles. The molecular weight excluding hydrogens is 365 g/mol. The van der Waals surface area contributed by atoms with Crippen molar-refractivity contribution in [2.45, 2.75) is 12.2 Å². The Hall–Kier alpha value is -3.07. The lowest BCUT2D eigenvalue weighted by molar-refractivity contribution is -0.137. The fraction of sp³-hybridized carbons (Fsp3) is 0.222. The number of ether oxygens (including phenoxy) is 1. The van der Waals surface area contributed by atoms with Crippen molar-refractivity contribution in [1.82, 2.24) is 9.55 Å². The van der Waals surface area contributed by atoms with Crippen molar-refractivity contribution in [3.8, 4) is 17.1 Å². The molecule has 1 aliphatic rings. The molecule has 0 amide bonds. The Kier molecular flexibility index (Phi) is 3.84. The van der Waals surface area contributed by atoms with Crippen LogP contribution in [-0.4, -0.2) is 38.9 Å². The van der Waals surface area contributed by atoms with Crippen LogP contribution in [0.2, 0.25) is 0 Å². The summed E-state index contributed by atoms with van der Waals surface area (Å²) in [7, 11) is 0. The van der Waals surface area contributed by atoms with Gasteiger partial charge in [0.15, 0.2) is 0 Å². The number of imidazole rings is 1. The third kappa shape index (κ3) is 2.80. The van der Waals surface area contributed by atoms with Crippen molar-refractivity contribution in [2.75, 3.05) is 13.2 Å². The standard InChI is InChI=1S/C18H13F3N2O4/c19-18(20,21)12-5-11(17(25)26)15(24)6-10(12)16-22-13-3-1-2-4-14(13)23(16)9-7-27-8-9/h1-6,9,24H,7-8H2,(H,25,26). The van der Waals surface area contributed by atoms with Crippen LogP contribution < -0.4 is 0 Å². The fourth-order valence-electron chi connectivity index (χ4n) is 3.16. The second-order valence-corrected chi connectivity index (χ2v) is 6.20. The highest BCUT2D eigenvalue weighted by atomic mass is 19.4. The molecule has 1 fully saturated rings. The first-order valence-corrected chi connectivity index (χ1v) is 8.00. The number of hydrogen-bond donors (Lipinski definition) is 2. The van der Waals surface area contributed by atoms with Gasteiger partial charge in [-0.2, -0.15) is 13.2 Å². The van der Waals surface area contributed by atoms with Gasteiger partial charge in [0.25, 0.3) is 0 Å². The molecule has 2 heterocycles. The number of carboxylic acids is 1. The van der Waals surface area contributed by atoms with Crippen molar-refractivity contribution < 1.29 is 32.9 Å². The van der Waals surface area contributed by atoms with Crippen LogP contribution in [0.5, 0.6) is 5.75 Å². The lowest BCUT2D eigenvalue weighted by atomic mass is 10.0. The molecule has 6 nitrogen and oxygen atoms in total. The van der Waals surface area contributed by atoms with Gasteiger partial charge < -0.3 is 19.5 Å². The molecule has 2 N–H and O–H groups in total. The number of aromatic carboxylic acids is 1. The first-order chi connectivity index (χ1) is 12.8. The van der Waals surface area contributed by atoms with Gasteiger partial charge in [0, 0.05) is 5.56 Å². The Morgan fingerprint density at radius 1 is 1.22 bits per heavy atom. The number of alkyl halides is 3. The summed E-state index contributed by atoms with van der Waals surface area (Å²) in [4.78, 5) is 15.5. The zero-order chi connectivity index (χ0) is 19.3. The second-order valence-electron chi connectivity index (χ2n) is 6.20. The Morgan fingerprint density at radius 3 is 2.52 bits per heavy atom. The Labute approximate surface area is 150 Å². The number of para-hydroxylation sites is 2. The van der Waals surface area contributed by atoms with Crippen molar-refractivity contribution in [3.05, 3.63) is 47.5 Å². The van der Waals surface area contributed by atoms with E-state index < -0.39 is 29.0 Å². The molecule has 0 radical (unpaired) electrons. The van der Waals surface area contributed by atoms with Crippen LogP contribution in [0.15, 0.2) is 36.4 Å². The zero-order valence-corrected chi connectivity index (χ0v) is 13.7. The molecule has 3 aromatic rings. The van der Waals surface area contributed by atoms with E-state index in [4.69, 9.17) is 9.84 Å². The molecule has 0 atom stereocenters. The number of carbonyl (C=O) groups is 1. The number of aromatic hydroxyl groups is 1. The number of benzene rings is 2. The van der Waals surface area contributed by atoms with Crippen molar-refractivity contribution in [2.24, 2.45) is 0 Å². The summed E-state index contributed by atoms with van der Waals surface area (Å²) in [5.74, 6) is -2.40. The minimum Gasteiger partial charge on any atom is -0.507 e. The Balaban J connectivity index is 2.04. The third-order valence-electron chi connectivity index (χ3n) is 4.49. The Morgan fingerprint density at radius 2 is 1.93 bits per heavy atom. The van der Waals surface area contributed by atoms with E-state index in [-0.39, 0.29) is 17.4 Å². The molecule has 0 aliphatic carbocycles. The monoisotopic (exact) mass is 378 g/mol. The first-order valence-electron chi connectivity index (χ1n) is 8.00. The molecule has 140 valence electrons. The molecule has 0 saturated carbocycles. The summed E-state index contributed by atoms with van der Waals surface area (Å²) in [6.07, 6.45) is -4.83. The molecule has 9 heteroatoms. The molecule has 0 unspecified atom stereocenters. The van der Waals surface area contributed by atoms with E-state index in [1.54, 1.807) is 28.8 Å². The number of carboxylic acid groups (broad SMARTS) is 1. The van der Waals surface area contributed by atoms with Crippen molar-refractivity contribution in [3.63, 3.8) is 0 Å². The van der Waals surface area contributed by atoms with E-state index in [0.717, 1.165) is 6.07 Å². The second kappa shape index (κ2) is 5.98. The zero-order valence-electron chi connectivity index (χ0n) is 13.7. The summed E-state index contributed by atoms with van der Waals surface area (Å²) in [6, 6.07) is 7.93. The largest absolute Gasteiger partial charge is 0.507 e. The average Bonchev–Trinajstić information content (AvgIpc) is 2.91. The lowest BCUT2D eigenvalue weighted by Gasteiger charge is -2.30. The van der Waals surface area contributed by atoms with E-state index in [0.29, 0.717) is 30.3 Å². The van der Waals surface area contributed by atoms with Crippen LogP contribution in [0.3, 0.4) is 0 Å². The normalized spacial score (nSPS) is 15.1. The smallest absolute Gasteiger partial charge is 0.417 e. The maximum atomic E-state index is 13.7. The summed E-state index contributed by atoms with van der Waals surface area (Å²) >= 11 is 0. The average molecular weight is 378 g/mol. The first kappa shape index (κ1) is 17.3. The highest BCUT2D eigenvalue weighted by Crippen LogP contribution is 2.42. The van der Waals surface area contributed by atoms with E-state index in [1.165, 1.54) is 0 Å². The molecule has 2 aromatic carbocycles. The van der Waals surface area contributed by atoms with Gasteiger partial charge in [-0.1, -0.05) is 12.1 Å². The summed E-state index contributed by atoms with van der Waals surface area (Å²) < 4.78 is 47.8. The van der Waals surface area contributed by atoms with Crippen LogP contribution in [-0.2, 0) is 10.9 Å². The topological polar surface area (TPSA) is 84.6 Å². The quantitative estimate of drug-likeness (QED) is 0.726. The minimum atomic E-state index is -4.83. The number of hydrogen-bond acceptors (Lipinski definition) is 4. The van der Waals surface area contributed by atoms with Gasteiger partial charge in [-0.15, -0.1) is 0 Å². The summed E-state index contributed by atoms with van der Waals surface area (Å²) in [6.45, 7) is 0.655. The SMILES string of the molecule is O=C(O)c1cc(C(F)(F)F)c(-c2nc3ccccc3n2C2COC2)cc1O. The van der Waals surface area contributed by atoms with Crippen LogP contribution in [0, 0.1) is 0 Å². The molecule has 1 aliphatic heterocycles. The third-order valence-corrected chi connectivity index (χ3v) is 4.49. The van der Waals surface area contributed by atoms with Gasteiger partial charge >= 0.3 is 12.1 Å². The van der Waals surface area contributed by atoms with E-state index in [1.807, 2.05) is 0 Å². The van der Waals surface area contributed by atoms with Gasteiger partial charge in [-0.3, -0.25) is 0 Å². The van der Waals surface area contributed by atoms with Gasteiger partial charge in [-0.05, 0) is 24.3 Å². The van der Waals surface area contributed by atoms with Gasteiger partial charge in [0.1, 0.15) is 17.1 Å². The van der Waals surface area contributed by atoms with Gasteiger partial charge in [-0.25, -0.2) is 9.78 Å². The lowest BCUT2D eigenvalue weighted by Crippen LogP contribution is -2.31. The number of aromatic nitrogens is 2. The summed E-state index contributed by atoms with van der Waals surface area (Å²) in [5, 5.41) is 19.0. The maximum absolute atomic E-state index is 13.7. The van der Waals surface area contributed by atoms with Gasteiger partial charge in [0.2, 0.25) is 0 Å². The predicted octanol–water partition coefficient (Wildman–Crippen LogP) is 3.70. The van der Waals surface area contributed by atoms with E-state index in [9.17, 15) is 23.1 Å². The molecule has 0 spiro atoms. The number of nitrogens with zero attached hydrogens (tertiary/aromatic N) is 2. The van der Waals surface area contributed by atoms with E-state index >= 15 is 0 Å². The van der Waals surface area contributed by atoms with Crippen LogP contribution in [0.25, 0.3) is 22.4 Å². The minimum absolute atomic E-state index is 0.00376. The highest BCUT2D eigenvalue weighted by Gasteiger charge is 2.38. The fourth-order valence-corrected chi connectivity index (χ4v) is 3.16. The van der Waals surface area contributed by atoms with Crippen LogP contribution in [0.4, 0.5) is 13.2 Å². The van der Waals surface area contributed by atoms with Crippen molar-refractivity contribution >= 4 is 17.0 Å². The number of rotatable bonds is 3. The van der Waals surface area contributed by atoms with Crippen LogP contribution in [0.1, 0.15) is 22.0 Å². The maximum Gasteiger partial charge on any atom is 0.417 e. The summed E-state index contributed by atoms with van der Waals surface area (Å²) in [5.41, 5.74) is -1.24. The molecular formula is C18H13F3N2O4. The molecule has 1 aromatic heterocycles. The molecule has 0 bridgehead atoms. The van der Waals surface area contributed by atoms with Crippen LogP contribution >= 0.6 is 0 Å².